The van der Waals surface area contributed by atoms with Gasteiger partial charge >= 0.3 is 0 Å². The first-order valence-electron chi connectivity index (χ1n) is 11.2. The van der Waals surface area contributed by atoms with Crippen molar-refractivity contribution in [3.63, 3.8) is 0 Å². The van der Waals surface area contributed by atoms with Gasteiger partial charge in [-0.2, -0.15) is 5.26 Å². The number of nitriles is 1. The second kappa shape index (κ2) is 8.69. The van der Waals surface area contributed by atoms with Crippen LogP contribution in [0.15, 0.2) is 83.8 Å². The topological polar surface area (TPSA) is 92.2 Å². The Morgan fingerprint density at radius 2 is 1.89 bits per heavy atom. The van der Waals surface area contributed by atoms with Crippen molar-refractivity contribution in [1.29, 1.82) is 5.26 Å². The summed E-state index contributed by atoms with van der Waals surface area (Å²) in [5.41, 5.74) is 3.10. The van der Waals surface area contributed by atoms with Crippen molar-refractivity contribution >= 4 is 23.0 Å². The van der Waals surface area contributed by atoms with E-state index in [2.05, 4.69) is 6.07 Å². The van der Waals surface area contributed by atoms with E-state index in [1.165, 1.54) is 24.3 Å². The molecule has 8 heteroatoms. The van der Waals surface area contributed by atoms with E-state index in [0.29, 0.717) is 47.6 Å². The fraction of sp³-hybridized carbons (Fsp3) is 0.185. The maximum Gasteiger partial charge on any atom is 0.271 e. The third-order valence-corrected chi connectivity index (χ3v) is 6.52. The van der Waals surface area contributed by atoms with Gasteiger partial charge in [0.1, 0.15) is 11.6 Å². The zero-order chi connectivity index (χ0) is 24.7. The number of aryl methyl sites for hydroxylation is 1. The highest BCUT2D eigenvalue weighted by molar-refractivity contribution is 6.03. The maximum absolute atomic E-state index is 14.3. The number of halogens is 1. The quantitative estimate of drug-likeness (QED) is 0.354. The summed E-state index contributed by atoms with van der Waals surface area (Å²) in [5.74, 6) is -0.826. The number of nitro groups is 1. The van der Waals surface area contributed by atoms with E-state index >= 15 is 0 Å². The van der Waals surface area contributed by atoms with E-state index in [-0.39, 0.29) is 17.0 Å². The second-order valence-corrected chi connectivity index (χ2v) is 8.63. The summed E-state index contributed by atoms with van der Waals surface area (Å²) < 4.78 is 16.0. The molecule has 2 aliphatic rings. The van der Waals surface area contributed by atoms with E-state index < -0.39 is 16.7 Å². The number of Topliss-reactive ketones (excluding diaryl/α,β-unsaturated/α-hetero) is 1. The zero-order valence-electron chi connectivity index (χ0n) is 18.9. The number of carbonyl (C=O) groups excluding carboxylic acids is 1. The molecule has 35 heavy (non-hydrogen) atoms. The monoisotopic (exact) mass is 468 g/mol. The molecule has 2 aromatic carbocycles. The highest BCUT2D eigenvalue weighted by Crippen LogP contribution is 2.49. The van der Waals surface area contributed by atoms with Gasteiger partial charge in [0.05, 0.1) is 28.2 Å². The van der Waals surface area contributed by atoms with E-state index in [4.69, 9.17) is 0 Å². The normalized spacial score (nSPS) is 17.9. The van der Waals surface area contributed by atoms with Crippen LogP contribution in [0.2, 0.25) is 0 Å². The van der Waals surface area contributed by atoms with Crippen molar-refractivity contribution in [3.8, 4) is 6.07 Å². The molecule has 0 N–H and O–H groups in total. The summed E-state index contributed by atoms with van der Waals surface area (Å²) in [6.45, 7) is 1.84. The fourth-order valence-electron chi connectivity index (χ4n) is 5.00. The number of nitro benzene ring substituents is 1. The van der Waals surface area contributed by atoms with Crippen LogP contribution in [-0.2, 0) is 4.79 Å². The lowest BCUT2D eigenvalue weighted by Crippen LogP contribution is -2.37. The Kier molecular flexibility index (Phi) is 5.53. The molecule has 0 fully saturated rings. The van der Waals surface area contributed by atoms with Crippen molar-refractivity contribution in [2.45, 2.75) is 32.1 Å². The Morgan fingerprint density at radius 1 is 1.11 bits per heavy atom. The van der Waals surface area contributed by atoms with Crippen LogP contribution >= 0.6 is 0 Å². The third kappa shape index (κ3) is 3.71. The number of hydrogen-bond acceptors (Lipinski definition) is 5. The van der Waals surface area contributed by atoms with Crippen molar-refractivity contribution < 1.29 is 14.1 Å². The molecule has 2 heterocycles. The molecular formula is C27H21FN4O3. The number of non-ortho nitro benzene ring substituents is 1. The minimum atomic E-state index is -0.744. The molecule has 0 amide bonds. The highest BCUT2D eigenvalue weighted by Gasteiger charge is 2.42. The van der Waals surface area contributed by atoms with Crippen LogP contribution in [0, 0.1) is 34.2 Å². The maximum atomic E-state index is 14.3. The summed E-state index contributed by atoms with van der Waals surface area (Å²) >= 11 is 0. The number of nitrogens with zero attached hydrogens (tertiary/aromatic N) is 4. The predicted octanol–water partition coefficient (Wildman–Crippen LogP) is 5.85. The molecule has 1 aliphatic carbocycles. The summed E-state index contributed by atoms with van der Waals surface area (Å²) in [6.07, 6.45) is 5.04. The predicted molar refractivity (Wildman–Crippen MR) is 129 cm³/mol. The molecule has 5 rings (SSSR count). The van der Waals surface area contributed by atoms with Gasteiger partial charge in [0.2, 0.25) is 0 Å². The van der Waals surface area contributed by atoms with E-state index in [9.17, 15) is 24.6 Å². The van der Waals surface area contributed by atoms with E-state index in [1.54, 1.807) is 35.2 Å². The van der Waals surface area contributed by atoms with Gasteiger partial charge in [0.25, 0.3) is 5.69 Å². The van der Waals surface area contributed by atoms with Gasteiger partial charge in [-0.3, -0.25) is 19.8 Å². The van der Waals surface area contributed by atoms with E-state index in [1.807, 2.05) is 24.0 Å². The van der Waals surface area contributed by atoms with Crippen LogP contribution in [0.25, 0.3) is 5.82 Å². The molecule has 0 saturated carbocycles. The van der Waals surface area contributed by atoms with Crippen LogP contribution in [0.3, 0.4) is 0 Å². The molecule has 1 unspecified atom stereocenters. The molecule has 1 aliphatic heterocycles. The number of anilines is 1. The molecule has 1 atom stereocenters. The van der Waals surface area contributed by atoms with Crippen LogP contribution in [0.1, 0.15) is 36.3 Å². The minimum absolute atomic E-state index is 0.0903. The average molecular weight is 468 g/mol. The van der Waals surface area contributed by atoms with Gasteiger partial charge in [-0.05, 0) is 55.2 Å². The van der Waals surface area contributed by atoms with Gasteiger partial charge in [-0.25, -0.2) is 4.39 Å². The molecule has 0 bridgehead atoms. The Labute approximate surface area is 201 Å². The van der Waals surface area contributed by atoms with Gasteiger partial charge in [-0.1, -0.05) is 18.2 Å². The summed E-state index contributed by atoms with van der Waals surface area (Å²) in [4.78, 5) is 26.3. The Balaban J connectivity index is 1.88. The first-order chi connectivity index (χ1) is 16.9. The number of rotatable bonds is 4. The lowest BCUT2D eigenvalue weighted by atomic mass is 9.75. The summed E-state index contributed by atoms with van der Waals surface area (Å²) in [6, 6.07) is 16.5. The van der Waals surface area contributed by atoms with Gasteiger partial charge in [-0.15, -0.1) is 0 Å². The fourth-order valence-corrected chi connectivity index (χ4v) is 5.00. The second-order valence-electron chi connectivity index (χ2n) is 8.63. The van der Waals surface area contributed by atoms with Crippen molar-refractivity contribution in [2.75, 3.05) is 4.90 Å². The first-order valence-corrected chi connectivity index (χ1v) is 11.2. The highest BCUT2D eigenvalue weighted by atomic mass is 19.1. The van der Waals surface area contributed by atoms with Gasteiger partial charge < -0.3 is 4.57 Å². The Bertz CT molecular complexity index is 1460. The van der Waals surface area contributed by atoms with Gasteiger partial charge in [0.15, 0.2) is 5.78 Å². The molecule has 0 radical (unpaired) electrons. The lowest BCUT2D eigenvalue weighted by molar-refractivity contribution is -0.384. The molecule has 7 nitrogen and oxygen atoms in total. The molecule has 1 aromatic heterocycles. The largest absolute Gasteiger partial charge is 0.309 e. The average Bonchev–Trinajstić information content (AvgIpc) is 3.38. The zero-order valence-corrected chi connectivity index (χ0v) is 18.9. The van der Waals surface area contributed by atoms with Crippen LogP contribution < -0.4 is 4.90 Å². The van der Waals surface area contributed by atoms with Crippen molar-refractivity contribution in [3.05, 3.63) is 111 Å². The minimum Gasteiger partial charge on any atom is -0.309 e. The molecular weight excluding hydrogens is 447 g/mol. The lowest BCUT2D eigenvalue weighted by Gasteiger charge is -2.41. The van der Waals surface area contributed by atoms with Crippen molar-refractivity contribution in [2.24, 2.45) is 0 Å². The van der Waals surface area contributed by atoms with Crippen molar-refractivity contribution in [1.82, 2.24) is 4.57 Å². The van der Waals surface area contributed by atoms with Crippen LogP contribution in [0.4, 0.5) is 15.8 Å². The number of aromatic nitrogens is 1. The SMILES string of the molecule is Cc1ccc([N+](=O)[O-])cc1N1C2=C(C(=O)CCC2)C(c2cccc(F)c2)C(C#N)=C1n1cccc1. The molecule has 3 aromatic rings. The third-order valence-electron chi connectivity index (χ3n) is 6.52. The summed E-state index contributed by atoms with van der Waals surface area (Å²) in [5, 5.41) is 22.0. The smallest absolute Gasteiger partial charge is 0.271 e. The molecule has 0 saturated heterocycles. The van der Waals surface area contributed by atoms with Crippen LogP contribution in [-0.4, -0.2) is 15.3 Å². The molecule has 0 spiro atoms. The first kappa shape index (κ1) is 22.3. The summed E-state index contributed by atoms with van der Waals surface area (Å²) in [7, 11) is 0. The standard InChI is InChI=1S/C27H21FN4O3/c1-17-10-11-20(32(34)35)15-23(17)31-22-8-5-9-24(33)26(22)25(18-6-4-7-19(28)14-18)21(16-29)27(31)30-12-2-3-13-30/h2-4,6-7,10-15,25H,5,8-9H2,1H3. The van der Waals surface area contributed by atoms with Gasteiger partial charge in [0, 0.05) is 42.2 Å². The number of allylic oxidation sites excluding steroid dienone is 3. The number of hydrogen-bond donors (Lipinski definition) is 0. The Morgan fingerprint density at radius 3 is 2.57 bits per heavy atom. The van der Waals surface area contributed by atoms with E-state index in [0.717, 1.165) is 5.56 Å². The Hall–Kier alpha value is -4.51. The molecule has 174 valence electrons. The number of benzene rings is 2. The number of carbonyl (C=O) groups is 1. The number of ketones is 1. The van der Waals surface area contributed by atoms with Crippen LogP contribution in [0.5, 0.6) is 0 Å².